The predicted molar refractivity (Wildman–Crippen MR) is 67.2 cm³/mol. The van der Waals surface area contributed by atoms with Gasteiger partial charge in [-0.1, -0.05) is 29.3 Å². The van der Waals surface area contributed by atoms with Crippen LogP contribution in [0.1, 0.15) is 6.42 Å². The average Bonchev–Trinajstić information content (AvgIpc) is 2.64. The summed E-state index contributed by atoms with van der Waals surface area (Å²) in [5.74, 6) is -0.495. The Hall–Kier alpha value is -0.850. The maximum absolute atomic E-state index is 12.9. The summed E-state index contributed by atoms with van der Waals surface area (Å²) < 4.78 is 34.5. The van der Waals surface area contributed by atoms with Crippen LogP contribution in [0.2, 0.25) is 10.0 Å². The smallest absolute Gasteiger partial charge is 0.307 e. The van der Waals surface area contributed by atoms with Crippen LogP contribution in [0.4, 0.5) is 9.57 Å². The Morgan fingerprint density at radius 2 is 2.00 bits per heavy atom. The van der Waals surface area contributed by atoms with Crippen molar-refractivity contribution in [2.45, 2.75) is 11.7 Å². The number of anilines is 1. The molecule has 1 fully saturated rings. The lowest BCUT2D eigenvalue weighted by Crippen LogP contribution is -2.27. The molecular weight excluding hydrogens is 304 g/mol. The van der Waals surface area contributed by atoms with Crippen LogP contribution in [0.3, 0.4) is 0 Å². The monoisotopic (exact) mass is 311 g/mol. The van der Waals surface area contributed by atoms with Gasteiger partial charge in [0.15, 0.2) is 0 Å². The van der Waals surface area contributed by atoms with Crippen LogP contribution in [0, 0.1) is 0 Å². The first-order valence-corrected chi connectivity index (χ1v) is 7.19. The van der Waals surface area contributed by atoms with E-state index in [9.17, 15) is 17.1 Å². The topological polar surface area (TPSA) is 54.5 Å². The van der Waals surface area contributed by atoms with E-state index in [0.717, 1.165) is 4.90 Å². The summed E-state index contributed by atoms with van der Waals surface area (Å²) >= 11 is 11.7. The number of halogens is 3. The molecule has 1 aliphatic heterocycles. The molecule has 0 radical (unpaired) electrons. The number of carbonyl (C=O) groups excluding carboxylic acids is 1. The van der Waals surface area contributed by atoms with Crippen LogP contribution in [-0.2, 0) is 15.0 Å². The first-order chi connectivity index (χ1) is 8.30. The molecular formula is C10H8Cl2FNO3S. The summed E-state index contributed by atoms with van der Waals surface area (Å²) in [6.45, 7) is -0.252. The molecule has 4 nitrogen and oxygen atoms in total. The minimum absolute atomic E-state index is 0.143. The Labute approximate surface area is 113 Å². The zero-order chi connectivity index (χ0) is 13.5. The Morgan fingerprint density at radius 1 is 1.33 bits per heavy atom. The van der Waals surface area contributed by atoms with E-state index in [-0.39, 0.29) is 23.0 Å². The molecule has 1 saturated heterocycles. The molecule has 1 atom stereocenters. The highest BCUT2D eigenvalue weighted by atomic mass is 35.5. The number of amides is 1. The summed E-state index contributed by atoms with van der Waals surface area (Å²) in [6.07, 6.45) is -0.387. The number of benzene rings is 1. The molecule has 1 amide bonds. The van der Waals surface area contributed by atoms with Crippen molar-refractivity contribution in [1.82, 2.24) is 0 Å². The maximum atomic E-state index is 12.9. The van der Waals surface area contributed by atoms with E-state index >= 15 is 0 Å². The fourth-order valence-electron chi connectivity index (χ4n) is 1.80. The fraction of sp³-hybridized carbons (Fsp3) is 0.300. The van der Waals surface area contributed by atoms with E-state index in [1.54, 1.807) is 6.07 Å². The first kappa shape index (κ1) is 13.6. The highest BCUT2D eigenvalue weighted by molar-refractivity contribution is 7.87. The van der Waals surface area contributed by atoms with Crippen LogP contribution in [-0.4, -0.2) is 26.1 Å². The van der Waals surface area contributed by atoms with Gasteiger partial charge in [0.25, 0.3) is 0 Å². The van der Waals surface area contributed by atoms with Crippen molar-refractivity contribution in [2.75, 3.05) is 11.4 Å². The molecule has 8 heteroatoms. The molecule has 0 saturated carbocycles. The maximum Gasteiger partial charge on any atom is 0.307 e. The Morgan fingerprint density at radius 3 is 2.56 bits per heavy atom. The van der Waals surface area contributed by atoms with Crippen LogP contribution in [0.25, 0.3) is 0 Å². The lowest BCUT2D eigenvalue weighted by molar-refractivity contribution is -0.117. The van der Waals surface area contributed by atoms with E-state index in [1.165, 1.54) is 12.1 Å². The molecule has 18 heavy (non-hydrogen) atoms. The minimum atomic E-state index is -4.74. The van der Waals surface area contributed by atoms with Gasteiger partial charge >= 0.3 is 10.2 Å². The van der Waals surface area contributed by atoms with Crippen molar-refractivity contribution in [3.05, 3.63) is 28.2 Å². The van der Waals surface area contributed by atoms with Crippen molar-refractivity contribution in [3.63, 3.8) is 0 Å². The van der Waals surface area contributed by atoms with Gasteiger partial charge in [0.05, 0.1) is 15.7 Å². The van der Waals surface area contributed by atoms with Gasteiger partial charge in [0.1, 0.15) is 5.25 Å². The van der Waals surface area contributed by atoms with Crippen molar-refractivity contribution >= 4 is 45.0 Å². The summed E-state index contributed by atoms with van der Waals surface area (Å²) in [6, 6.07) is 4.64. The van der Waals surface area contributed by atoms with E-state index < -0.39 is 21.4 Å². The Bertz CT molecular complexity index is 605. The van der Waals surface area contributed by atoms with Gasteiger partial charge in [0.2, 0.25) is 5.91 Å². The molecule has 1 aliphatic rings. The quantitative estimate of drug-likeness (QED) is 0.788. The molecule has 2 rings (SSSR count). The standard InChI is InChI=1S/C10H8Cl2FNO3S/c11-7-2-1-3-8(10(7)12)14-5-6(4-9(14)15)18(13,16)17/h1-3,6H,4-5H2. The zero-order valence-electron chi connectivity index (χ0n) is 8.94. The second kappa shape index (κ2) is 4.68. The SMILES string of the molecule is O=C1CC(S(=O)(=O)F)CN1c1cccc(Cl)c1Cl. The van der Waals surface area contributed by atoms with Crippen molar-refractivity contribution in [2.24, 2.45) is 0 Å². The predicted octanol–water partition coefficient (Wildman–Crippen LogP) is 2.40. The largest absolute Gasteiger partial charge is 0.309 e. The summed E-state index contributed by atoms with van der Waals surface area (Å²) in [5.41, 5.74) is 0.292. The van der Waals surface area contributed by atoms with Crippen LogP contribution in [0.5, 0.6) is 0 Å². The third-order valence-electron chi connectivity index (χ3n) is 2.71. The van der Waals surface area contributed by atoms with Gasteiger partial charge in [-0.3, -0.25) is 4.79 Å². The van der Waals surface area contributed by atoms with E-state index in [1.807, 2.05) is 0 Å². The Balaban J connectivity index is 2.36. The second-order valence-electron chi connectivity index (χ2n) is 3.88. The third-order valence-corrected chi connectivity index (χ3v) is 4.63. The van der Waals surface area contributed by atoms with E-state index in [0.29, 0.717) is 5.69 Å². The van der Waals surface area contributed by atoms with Crippen molar-refractivity contribution in [1.29, 1.82) is 0 Å². The summed E-state index contributed by atoms with van der Waals surface area (Å²) in [4.78, 5) is 12.8. The molecule has 0 aromatic heterocycles. The van der Waals surface area contributed by atoms with Crippen LogP contribution >= 0.6 is 23.2 Å². The lowest BCUT2D eigenvalue weighted by atomic mass is 10.3. The second-order valence-corrected chi connectivity index (χ2v) is 6.28. The average molecular weight is 312 g/mol. The van der Waals surface area contributed by atoms with Crippen LogP contribution in [0.15, 0.2) is 18.2 Å². The van der Waals surface area contributed by atoms with Gasteiger partial charge in [-0.2, -0.15) is 8.42 Å². The molecule has 0 spiro atoms. The number of hydrogen-bond acceptors (Lipinski definition) is 3. The number of rotatable bonds is 2. The zero-order valence-corrected chi connectivity index (χ0v) is 11.3. The number of nitrogens with zero attached hydrogens (tertiary/aromatic N) is 1. The molecule has 98 valence electrons. The van der Waals surface area contributed by atoms with Gasteiger partial charge in [0, 0.05) is 13.0 Å². The number of carbonyl (C=O) groups is 1. The van der Waals surface area contributed by atoms with Gasteiger partial charge in [-0.05, 0) is 12.1 Å². The van der Waals surface area contributed by atoms with Crippen LogP contribution < -0.4 is 4.90 Å². The summed E-state index contributed by atoms with van der Waals surface area (Å²) in [7, 11) is -4.74. The molecule has 1 heterocycles. The highest BCUT2D eigenvalue weighted by Gasteiger charge is 2.39. The lowest BCUT2D eigenvalue weighted by Gasteiger charge is -2.18. The van der Waals surface area contributed by atoms with E-state index in [4.69, 9.17) is 23.2 Å². The fourth-order valence-corrected chi connectivity index (χ4v) is 2.86. The van der Waals surface area contributed by atoms with Gasteiger partial charge < -0.3 is 4.90 Å². The van der Waals surface area contributed by atoms with Gasteiger partial charge in [-0.25, -0.2) is 0 Å². The van der Waals surface area contributed by atoms with Crippen molar-refractivity contribution in [3.8, 4) is 0 Å². The molecule has 1 unspecified atom stereocenters. The molecule has 1 aromatic carbocycles. The Kier molecular flexibility index (Phi) is 3.53. The van der Waals surface area contributed by atoms with Crippen molar-refractivity contribution < 1.29 is 17.1 Å². The molecule has 1 aromatic rings. The molecule has 0 aliphatic carbocycles. The normalized spacial score (nSPS) is 20.5. The first-order valence-electron chi connectivity index (χ1n) is 4.98. The number of hydrogen-bond donors (Lipinski definition) is 0. The molecule has 0 bridgehead atoms. The third kappa shape index (κ3) is 2.46. The van der Waals surface area contributed by atoms with Gasteiger partial charge in [-0.15, -0.1) is 3.89 Å². The minimum Gasteiger partial charge on any atom is -0.309 e. The highest BCUT2D eigenvalue weighted by Crippen LogP contribution is 2.35. The van der Waals surface area contributed by atoms with E-state index in [2.05, 4.69) is 0 Å². The summed E-state index contributed by atoms with van der Waals surface area (Å²) in [5, 5.41) is -0.960. The molecule has 0 N–H and O–H groups in total.